The Morgan fingerprint density at radius 2 is 2.00 bits per heavy atom. The largest absolute Gasteiger partial charge is 0.294 e. The molecule has 16 heavy (non-hydrogen) atoms. The first-order valence-electron chi connectivity index (χ1n) is 5.25. The molecule has 3 heteroatoms. The van der Waals surface area contributed by atoms with Crippen molar-refractivity contribution in [3.63, 3.8) is 0 Å². The molecule has 0 bridgehead atoms. The zero-order valence-electron chi connectivity index (χ0n) is 9.27. The lowest BCUT2D eigenvalue weighted by atomic mass is 10.1. The highest BCUT2D eigenvalue weighted by Crippen LogP contribution is 2.25. The number of fused-ring (bicyclic) bond motifs is 1. The Labute approximate surface area is 98.2 Å². The summed E-state index contributed by atoms with van der Waals surface area (Å²) >= 11 is 1.69. The Bertz CT molecular complexity index is 649. The van der Waals surface area contributed by atoms with E-state index in [2.05, 4.69) is 59.1 Å². The van der Waals surface area contributed by atoms with E-state index in [1.807, 2.05) is 0 Å². The molecule has 0 aliphatic heterocycles. The van der Waals surface area contributed by atoms with Crippen LogP contribution in [0.3, 0.4) is 0 Å². The number of thiazole rings is 1. The lowest BCUT2D eigenvalue weighted by molar-refractivity contribution is 1.13. The number of aryl methyl sites for hydroxylation is 2. The molecule has 2 aromatic heterocycles. The van der Waals surface area contributed by atoms with E-state index < -0.39 is 0 Å². The third-order valence-electron chi connectivity index (χ3n) is 2.81. The standard InChI is InChI=1S/C13H12N2S/c1-9-5-3-4-6-11(9)12-7-15-10(2)8-16-13(15)14-12/h3-8H,1-2H3. The Hall–Kier alpha value is -1.61. The number of benzene rings is 1. The molecule has 3 aromatic rings. The molecule has 0 fully saturated rings. The molecule has 0 saturated heterocycles. The molecule has 0 amide bonds. The van der Waals surface area contributed by atoms with Gasteiger partial charge in [0.1, 0.15) is 0 Å². The van der Waals surface area contributed by atoms with Crippen LogP contribution in [0.4, 0.5) is 0 Å². The number of rotatable bonds is 1. The van der Waals surface area contributed by atoms with Gasteiger partial charge < -0.3 is 0 Å². The van der Waals surface area contributed by atoms with Crippen LogP contribution < -0.4 is 0 Å². The molecule has 0 spiro atoms. The summed E-state index contributed by atoms with van der Waals surface area (Å²) in [6.45, 7) is 4.22. The van der Waals surface area contributed by atoms with E-state index >= 15 is 0 Å². The van der Waals surface area contributed by atoms with Crippen molar-refractivity contribution in [2.45, 2.75) is 13.8 Å². The van der Waals surface area contributed by atoms with Gasteiger partial charge >= 0.3 is 0 Å². The zero-order valence-corrected chi connectivity index (χ0v) is 10.1. The lowest BCUT2D eigenvalue weighted by Crippen LogP contribution is -1.82. The van der Waals surface area contributed by atoms with Crippen LogP contribution in [-0.4, -0.2) is 9.38 Å². The van der Waals surface area contributed by atoms with E-state index in [0.717, 1.165) is 10.7 Å². The van der Waals surface area contributed by atoms with Crippen LogP contribution in [0.1, 0.15) is 11.3 Å². The summed E-state index contributed by atoms with van der Waals surface area (Å²) in [6.07, 6.45) is 2.11. The molecule has 0 aliphatic carbocycles. The summed E-state index contributed by atoms with van der Waals surface area (Å²) in [4.78, 5) is 5.71. The van der Waals surface area contributed by atoms with Gasteiger partial charge in [0.15, 0.2) is 4.96 Å². The predicted octanol–water partition coefficient (Wildman–Crippen LogP) is 3.68. The van der Waals surface area contributed by atoms with Crippen LogP contribution in [0.25, 0.3) is 16.2 Å². The summed E-state index contributed by atoms with van der Waals surface area (Å²) in [5.74, 6) is 0. The minimum Gasteiger partial charge on any atom is -0.294 e. The first-order chi connectivity index (χ1) is 7.75. The first kappa shape index (κ1) is 9.60. The molecule has 0 N–H and O–H groups in total. The molecule has 0 radical (unpaired) electrons. The van der Waals surface area contributed by atoms with Gasteiger partial charge in [-0.3, -0.25) is 4.40 Å². The molecule has 3 rings (SSSR count). The van der Waals surface area contributed by atoms with Gasteiger partial charge in [-0.1, -0.05) is 24.3 Å². The van der Waals surface area contributed by atoms with Crippen molar-refractivity contribution in [1.82, 2.24) is 9.38 Å². The van der Waals surface area contributed by atoms with Crippen LogP contribution in [0.2, 0.25) is 0 Å². The van der Waals surface area contributed by atoms with Gasteiger partial charge in [0.2, 0.25) is 0 Å². The molecule has 0 saturated carbocycles. The molecule has 1 aromatic carbocycles. The number of imidazole rings is 1. The molecule has 2 heterocycles. The number of hydrogen-bond acceptors (Lipinski definition) is 2. The molecule has 0 unspecified atom stereocenters. The van der Waals surface area contributed by atoms with Crippen molar-refractivity contribution in [3.8, 4) is 11.3 Å². The van der Waals surface area contributed by atoms with Gasteiger partial charge in [0.25, 0.3) is 0 Å². The first-order valence-corrected chi connectivity index (χ1v) is 6.13. The smallest absolute Gasteiger partial charge is 0.194 e. The maximum atomic E-state index is 4.65. The minimum atomic E-state index is 1.06. The fraction of sp³-hybridized carbons (Fsp3) is 0.154. The molecule has 0 aliphatic rings. The second kappa shape index (κ2) is 3.46. The Kier molecular flexibility index (Phi) is 2.07. The molecule has 80 valence electrons. The SMILES string of the molecule is Cc1ccccc1-c1cn2c(C)csc2n1. The third-order valence-corrected chi connectivity index (χ3v) is 3.77. The van der Waals surface area contributed by atoms with E-state index in [4.69, 9.17) is 0 Å². The van der Waals surface area contributed by atoms with Crippen LogP contribution in [0.5, 0.6) is 0 Å². The molecular weight excluding hydrogens is 216 g/mol. The van der Waals surface area contributed by atoms with Crippen LogP contribution in [0.15, 0.2) is 35.8 Å². The molecule has 2 nitrogen and oxygen atoms in total. The minimum absolute atomic E-state index is 1.06. The third kappa shape index (κ3) is 1.36. The van der Waals surface area contributed by atoms with Gasteiger partial charge in [-0.05, 0) is 19.4 Å². The van der Waals surface area contributed by atoms with E-state index in [9.17, 15) is 0 Å². The summed E-state index contributed by atoms with van der Waals surface area (Å²) in [7, 11) is 0. The summed E-state index contributed by atoms with van der Waals surface area (Å²) < 4.78 is 2.15. The van der Waals surface area contributed by atoms with E-state index in [0.29, 0.717) is 0 Å². The monoisotopic (exact) mass is 228 g/mol. The summed E-state index contributed by atoms with van der Waals surface area (Å²) in [6, 6.07) is 8.36. The molecule has 0 atom stereocenters. The highest BCUT2D eigenvalue weighted by atomic mass is 32.1. The molecular formula is C13H12N2S. The maximum Gasteiger partial charge on any atom is 0.194 e. The fourth-order valence-electron chi connectivity index (χ4n) is 1.88. The van der Waals surface area contributed by atoms with Crippen LogP contribution in [0, 0.1) is 13.8 Å². The van der Waals surface area contributed by atoms with Gasteiger partial charge in [0.05, 0.1) is 5.69 Å². The average Bonchev–Trinajstić information content (AvgIpc) is 2.82. The fourth-order valence-corrected chi connectivity index (χ4v) is 2.73. The van der Waals surface area contributed by atoms with Gasteiger partial charge in [0, 0.05) is 22.8 Å². The van der Waals surface area contributed by atoms with Crippen molar-refractivity contribution in [3.05, 3.63) is 47.1 Å². The van der Waals surface area contributed by atoms with Gasteiger partial charge in [-0.2, -0.15) is 0 Å². The average molecular weight is 228 g/mol. The highest BCUT2D eigenvalue weighted by Gasteiger charge is 2.08. The zero-order chi connectivity index (χ0) is 11.1. The van der Waals surface area contributed by atoms with Crippen molar-refractivity contribution in [1.29, 1.82) is 0 Å². The second-order valence-electron chi connectivity index (χ2n) is 3.97. The number of aromatic nitrogens is 2. The second-order valence-corrected chi connectivity index (χ2v) is 4.81. The van der Waals surface area contributed by atoms with Crippen molar-refractivity contribution in [2.24, 2.45) is 0 Å². The van der Waals surface area contributed by atoms with E-state index in [-0.39, 0.29) is 0 Å². The predicted molar refractivity (Wildman–Crippen MR) is 68.0 cm³/mol. The van der Waals surface area contributed by atoms with Crippen molar-refractivity contribution >= 4 is 16.3 Å². The number of hydrogen-bond donors (Lipinski definition) is 0. The normalized spacial score (nSPS) is 11.1. The number of nitrogens with zero attached hydrogens (tertiary/aromatic N) is 2. The Morgan fingerprint density at radius 1 is 1.19 bits per heavy atom. The van der Waals surface area contributed by atoms with Crippen molar-refractivity contribution < 1.29 is 0 Å². The topological polar surface area (TPSA) is 17.3 Å². The Balaban J connectivity index is 2.23. The summed E-state index contributed by atoms with van der Waals surface area (Å²) in [5, 5.41) is 2.13. The lowest BCUT2D eigenvalue weighted by Gasteiger charge is -2.00. The van der Waals surface area contributed by atoms with E-state index in [1.165, 1.54) is 16.8 Å². The highest BCUT2D eigenvalue weighted by molar-refractivity contribution is 7.15. The van der Waals surface area contributed by atoms with Crippen molar-refractivity contribution in [2.75, 3.05) is 0 Å². The summed E-state index contributed by atoms with van der Waals surface area (Å²) in [5.41, 5.74) is 4.80. The van der Waals surface area contributed by atoms with Crippen LogP contribution >= 0.6 is 11.3 Å². The van der Waals surface area contributed by atoms with Gasteiger partial charge in [-0.25, -0.2) is 4.98 Å². The van der Waals surface area contributed by atoms with Gasteiger partial charge in [-0.15, -0.1) is 11.3 Å². The van der Waals surface area contributed by atoms with E-state index in [1.54, 1.807) is 11.3 Å². The van der Waals surface area contributed by atoms with Crippen LogP contribution in [-0.2, 0) is 0 Å². The Morgan fingerprint density at radius 3 is 2.75 bits per heavy atom. The quantitative estimate of drug-likeness (QED) is 0.621. The maximum absolute atomic E-state index is 4.65.